The van der Waals surface area contributed by atoms with Crippen LogP contribution < -0.4 is 5.32 Å². The first-order valence-corrected chi connectivity index (χ1v) is 10.7. The van der Waals surface area contributed by atoms with Crippen molar-refractivity contribution in [3.63, 3.8) is 0 Å². The smallest absolute Gasteiger partial charge is 0.234 e. The summed E-state index contributed by atoms with van der Waals surface area (Å²) in [5.74, 6) is 0.676. The molecule has 2 aromatic rings. The lowest BCUT2D eigenvalue weighted by Gasteiger charge is -2.34. The first-order chi connectivity index (χ1) is 13.6. The molecule has 0 unspecified atom stereocenters. The van der Waals surface area contributed by atoms with Crippen molar-refractivity contribution < 1.29 is 9.59 Å². The number of hydrogen-bond acceptors (Lipinski definition) is 4. The van der Waals surface area contributed by atoms with Gasteiger partial charge in [0, 0.05) is 38.4 Å². The number of piperazine rings is 1. The zero-order chi connectivity index (χ0) is 19.8. The number of carbonyl (C=O) groups is 2. The normalized spacial score (nSPS) is 14.7. The van der Waals surface area contributed by atoms with E-state index in [0.717, 1.165) is 44.0 Å². The minimum absolute atomic E-state index is 0.0747. The van der Waals surface area contributed by atoms with Gasteiger partial charge in [-0.15, -0.1) is 11.8 Å². The second-order valence-electron chi connectivity index (χ2n) is 7.05. The number of thioether (sulfide) groups is 1. The molecule has 2 aromatic carbocycles. The Labute approximate surface area is 171 Å². The first-order valence-electron chi connectivity index (χ1n) is 9.58. The van der Waals surface area contributed by atoms with E-state index in [2.05, 4.69) is 34.5 Å². The predicted molar refractivity (Wildman–Crippen MR) is 115 cm³/mol. The largest absolute Gasteiger partial charge is 0.339 e. The molecule has 0 radical (unpaired) electrons. The Bertz CT molecular complexity index is 772. The van der Waals surface area contributed by atoms with E-state index >= 15 is 0 Å². The Kier molecular flexibility index (Phi) is 7.51. The molecule has 148 valence electrons. The fourth-order valence-corrected chi connectivity index (χ4v) is 3.87. The van der Waals surface area contributed by atoms with Crippen LogP contribution in [0.25, 0.3) is 0 Å². The summed E-state index contributed by atoms with van der Waals surface area (Å²) in [7, 11) is 0. The van der Waals surface area contributed by atoms with Crippen LogP contribution in [0.3, 0.4) is 0 Å². The third kappa shape index (κ3) is 6.39. The Morgan fingerprint density at radius 1 is 0.929 bits per heavy atom. The number of hydrogen-bond donors (Lipinski definition) is 1. The van der Waals surface area contributed by atoms with Crippen LogP contribution in [-0.2, 0) is 16.1 Å². The van der Waals surface area contributed by atoms with E-state index in [-0.39, 0.29) is 17.6 Å². The predicted octanol–water partition coefficient (Wildman–Crippen LogP) is 3.01. The highest BCUT2D eigenvalue weighted by molar-refractivity contribution is 8.00. The number of aryl methyl sites for hydroxylation is 1. The van der Waals surface area contributed by atoms with Crippen molar-refractivity contribution in [2.75, 3.05) is 43.0 Å². The number of nitrogens with one attached hydrogen (secondary N) is 1. The second-order valence-corrected chi connectivity index (χ2v) is 8.04. The van der Waals surface area contributed by atoms with E-state index in [4.69, 9.17) is 0 Å². The van der Waals surface area contributed by atoms with Gasteiger partial charge in [-0.3, -0.25) is 14.5 Å². The first kappa shape index (κ1) is 20.4. The van der Waals surface area contributed by atoms with Crippen molar-refractivity contribution in [1.82, 2.24) is 9.80 Å². The van der Waals surface area contributed by atoms with Crippen LogP contribution in [0.5, 0.6) is 0 Å². The van der Waals surface area contributed by atoms with Crippen molar-refractivity contribution in [3.05, 3.63) is 65.7 Å². The summed E-state index contributed by atoms with van der Waals surface area (Å²) in [5, 5.41) is 2.86. The second kappa shape index (κ2) is 10.3. The van der Waals surface area contributed by atoms with E-state index in [1.807, 2.05) is 42.2 Å². The lowest BCUT2D eigenvalue weighted by atomic mass is 10.2. The highest BCUT2D eigenvalue weighted by atomic mass is 32.2. The molecule has 1 aliphatic heterocycles. The minimum Gasteiger partial charge on any atom is -0.339 e. The number of carbonyl (C=O) groups excluding carboxylic acids is 2. The molecular formula is C22H27N3O2S. The van der Waals surface area contributed by atoms with E-state index in [0.29, 0.717) is 5.75 Å². The number of anilines is 1. The van der Waals surface area contributed by atoms with Crippen LogP contribution in [0.1, 0.15) is 11.1 Å². The molecular weight excluding hydrogens is 370 g/mol. The number of amides is 2. The molecule has 2 amide bonds. The summed E-state index contributed by atoms with van der Waals surface area (Å²) in [6, 6.07) is 18.1. The summed E-state index contributed by atoms with van der Waals surface area (Å²) in [6.45, 7) is 6.22. The van der Waals surface area contributed by atoms with Gasteiger partial charge in [-0.25, -0.2) is 0 Å². The molecule has 1 heterocycles. The molecule has 1 aliphatic rings. The molecule has 0 atom stereocenters. The molecule has 0 saturated carbocycles. The van der Waals surface area contributed by atoms with E-state index in [9.17, 15) is 9.59 Å². The molecule has 1 N–H and O–H groups in total. The van der Waals surface area contributed by atoms with Gasteiger partial charge in [0.1, 0.15) is 0 Å². The third-order valence-electron chi connectivity index (χ3n) is 4.77. The van der Waals surface area contributed by atoms with Gasteiger partial charge in [-0.2, -0.15) is 0 Å². The summed E-state index contributed by atoms with van der Waals surface area (Å²) < 4.78 is 0. The summed E-state index contributed by atoms with van der Waals surface area (Å²) in [5.41, 5.74) is 3.25. The third-order valence-corrected chi connectivity index (χ3v) is 5.69. The van der Waals surface area contributed by atoms with Crippen LogP contribution in [0.2, 0.25) is 0 Å². The standard InChI is InChI=1S/C22H27N3O2S/c1-18-7-9-20(10-8-18)23-21(26)16-28-17-22(27)25-13-11-24(12-14-25)15-19-5-3-2-4-6-19/h2-10H,11-17H2,1H3,(H,23,26). The van der Waals surface area contributed by atoms with Crippen LogP contribution in [0.4, 0.5) is 5.69 Å². The quantitative estimate of drug-likeness (QED) is 0.780. The number of benzene rings is 2. The zero-order valence-corrected chi connectivity index (χ0v) is 17.1. The minimum atomic E-state index is -0.0747. The molecule has 6 heteroatoms. The molecule has 1 saturated heterocycles. The topological polar surface area (TPSA) is 52.7 Å². The summed E-state index contributed by atoms with van der Waals surface area (Å²) >= 11 is 1.37. The zero-order valence-electron chi connectivity index (χ0n) is 16.3. The van der Waals surface area contributed by atoms with Gasteiger partial charge in [-0.05, 0) is 24.6 Å². The Morgan fingerprint density at radius 2 is 1.61 bits per heavy atom. The van der Waals surface area contributed by atoms with Crippen molar-refractivity contribution in [2.45, 2.75) is 13.5 Å². The SMILES string of the molecule is Cc1ccc(NC(=O)CSCC(=O)N2CCN(Cc3ccccc3)CC2)cc1. The lowest BCUT2D eigenvalue weighted by molar-refractivity contribution is -0.130. The summed E-state index contributed by atoms with van der Waals surface area (Å²) in [4.78, 5) is 28.7. The Hall–Kier alpha value is -2.31. The molecule has 0 aliphatic carbocycles. The molecule has 0 spiro atoms. The van der Waals surface area contributed by atoms with Gasteiger partial charge in [-0.1, -0.05) is 48.0 Å². The van der Waals surface area contributed by atoms with Gasteiger partial charge in [0.25, 0.3) is 0 Å². The summed E-state index contributed by atoms with van der Waals surface area (Å²) in [6.07, 6.45) is 0. The maximum absolute atomic E-state index is 12.4. The van der Waals surface area contributed by atoms with E-state index < -0.39 is 0 Å². The molecule has 0 aromatic heterocycles. The van der Waals surface area contributed by atoms with Crippen LogP contribution in [0, 0.1) is 6.92 Å². The molecule has 0 bridgehead atoms. The lowest BCUT2D eigenvalue weighted by Crippen LogP contribution is -2.48. The Morgan fingerprint density at radius 3 is 2.29 bits per heavy atom. The highest BCUT2D eigenvalue weighted by Gasteiger charge is 2.21. The van der Waals surface area contributed by atoms with Crippen LogP contribution in [-0.4, -0.2) is 59.3 Å². The van der Waals surface area contributed by atoms with Crippen molar-refractivity contribution >= 4 is 29.3 Å². The molecule has 28 heavy (non-hydrogen) atoms. The van der Waals surface area contributed by atoms with Gasteiger partial charge in [0.05, 0.1) is 11.5 Å². The van der Waals surface area contributed by atoms with Gasteiger partial charge in [0.2, 0.25) is 11.8 Å². The van der Waals surface area contributed by atoms with Gasteiger partial charge in [0.15, 0.2) is 0 Å². The molecule has 1 fully saturated rings. The Balaban J connectivity index is 1.33. The van der Waals surface area contributed by atoms with Crippen LogP contribution in [0.15, 0.2) is 54.6 Å². The molecule has 3 rings (SSSR count). The maximum Gasteiger partial charge on any atom is 0.234 e. The fraction of sp³-hybridized carbons (Fsp3) is 0.364. The average molecular weight is 398 g/mol. The van der Waals surface area contributed by atoms with E-state index in [1.54, 1.807) is 0 Å². The molecule has 5 nitrogen and oxygen atoms in total. The van der Waals surface area contributed by atoms with Crippen molar-refractivity contribution in [2.24, 2.45) is 0 Å². The highest BCUT2D eigenvalue weighted by Crippen LogP contribution is 2.12. The van der Waals surface area contributed by atoms with Crippen LogP contribution >= 0.6 is 11.8 Å². The van der Waals surface area contributed by atoms with Crippen molar-refractivity contribution in [3.8, 4) is 0 Å². The van der Waals surface area contributed by atoms with Crippen molar-refractivity contribution in [1.29, 1.82) is 0 Å². The number of rotatable bonds is 7. The fourth-order valence-electron chi connectivity index (χ4n) is 3.15. The van der Waals surface area contributed by atoms with Gasteiger partial charge < -0.3 is 10.2 Å². The van der Waals surface area contributed by atoms with Gasteiger partial charge >= 0.3 is 0 Å². The van der Waals surface area contributed by atoms with E-state index in [1.165, 1.54) is 17.3 Å². The number of nitrogens with zero attached hydrogens (tertiary/aromatic N) is 2. The monoisotopic (exact) mass is 397 g/mol. The maximum atomic E-state index is 12.4. The average Bonchev–Trinajstić information content (AvgIpc) is 2.71.